The molecule has 2 N–H and O–H groups in total. The Morgan fingerprint density at radius 1 is 1.17 bits per heavy atom. The molecule has 0 saturated carbocycles. The van der Waals surface area contributed by atoms with Crippen LogP contribution in [-0.4, -0.2) is 52.9 Å². The lowest BCUT2D eigenvalue weighted by Gasteiger charge is -2.21. The van der Waals surface area contributed by atoms with E-state index in [-0.39, 0.29) is 0 Å². The topological polar surface area (TPSA) is 57.5 Å². The Hall–Kier alpha value is -2.34. The van der Waals surface area contributed by atoms with Gasteiger partial charge >= 0.3 is 0 Å². The maximum absolute atomic E-state index is 4.80. The number of hydrogen-bond acceptors (Lipinski definition) is 3. The van der Waals surface area contributed by atoms with Gasteiger partial charge in [-0.15, -0.1) is 0 Å². The monoisotopic (exact) mass is 398 g/mol. The Kier molecular flexibility index (Phi) is 10.3. The first-order chi connectivity index (χ1) is 14.1. The Labute approximate surface area is 176 Å². The van der Waals surface area contributed by atoms with Crippen molar-refractivity contribution in [3.8, 4) is 0 Å². The molecule has 0 radical (unpaired) electrons. The summed E-state index contributed by atoms with van der Waals surface area (Å²) in [6.07, 6.45) is 6.14. The van der Waals surface area contributed by atoms with Crippen molar-refractivity contribution < 1.29 is 0 Å². The summed E-state index contributed by atoms with van der Waals surface area (Å²) in [7, 11) is 0. The van der Waals surface area contributed by atoms with Gasteiger partial charge in [-0.25, -0.2) is 4.99 Å². The summed E-state index contributed by atoms with van der Waals surface area (Å²) in [4.78, 5) is 7.27. The molecule has 0 amide bonds. The highest BCUT2D eigenvalue weighted by atomic mass is 15.3. The quantitative estimate of drug-likeness (QED) is 0.424. The predicted molar refractivity (Wildman–Crippen MR) is 122 cm³/mol. The maximum Gasteiger partial charge on any atom is 0.191 e. The van der Waals surface area contributed by atoms with Gasteiger partial charge in [0.05, 0.1) is 13.1 Å². The van der Waals surface area contributed by atoms with Gasteiger partial charge in [-0.3, -0.25) is 4.68 Å². The first kappa shape index (κ1) is 22.9. The van der Waals surface area contributed by atoms with Crippen molar-refractivity contribution in [3.63, 3.8) is 0 Å². The summed E-state index contributed by atoms with van der Waals surface area (Å²) in [5, 5.41) is 11.2. The van der Waals surface area contributed by atoms with E-state index in [0.29, 0.717) is 12.6 Å². The molecule has 0 aliphatic carbocycles. The van der Waals surface area contributed by atoms with E-state index in [4.69, 9.17) is 4.99 Å². The van der Waals surface area contributed by atoms with Crippen molar-refractivity contribution in [1.82, 2.24) is 25.3 Å². The van der Waals surface area contributed by atoms with Gasteiger partial charge in [0.1, 0.15) is 0 Å². The zero-order chi connectivity index (χ0) is 20.9. The molecule has 2 aromatic rings. The van der Waals surface area contributed by atoms with E-state index in [0.717, 1.165) is 45.1 Å². The lowest BCUT2D eigenvalue weighted by molar-refractivity contribution is 0.292. The standard InChI is InChI=1S/C23H38N6/c1-5-24-23(27-20(4)11-9-15-28(6-2)7-3)25-18-21-12-8-13-22(17-21)19-29-16-10-14-26-29/h8,10,12-14,16-17,20H,5-7,9,11,15,18-19H2,1-4H3,(H2,24,25,27). The first-order valence-corrected chi connectivity index (χ1v) is 11.0. The van der Waals surface area contributed by atoms with Gasteiger partial charge in [-0.2, -0.15) is 5.10 Å². The normalized spacial score (nSPS) is 12.9. The van der Waals surface area contributed by atoms with Crippen LogP contribution >= 0.6 is 0 Å². The number of aromatic nitrogens is 2. The van der Waals surface area contributed by atoms with Gasteiger partial charge in [0.2, 0.25) is 0 Å². The number of guanidine groups is 1. The first-order valence-electron chi connectivity index (χ1n) is 11.0. The van der Waals surface area contributed by atoms with Gasteiger partial charge in [-0.05, 0) is 63.5 Å². The number of nitrogens with one attached hydrogen (secondary N) is 2. The molecule has 0 fully saturated rings. The number of aliphatic imine (C=N–C) groups is 1. The number of nitrogens with zero attached hydrogens (tertiary/aromatic N) is 4. The Bertz CT molecular complexity index is 706. The van der Waals surface area contributed by atoms with E-state index < -0.39 is 0 Å². The van der Waals surface area contributed by atoms with Crippen LogP contribution < -0.4 is 10.6 Å². The molecule has 1 unspecified atom stereocenters. The molecule has 0 spiro atoms. The fourth-order valence-electron chi connectivity index (χ4n) is 3.36. The maximum atomic E-state index is 4.80. The van der Waals surface area contributed by atoms with Crippen LogP contribution in [0.2, 0.25) is 0 Å². The zero-order valence-electron chi connectivity index (χ0n) is 18.6. The lowest BCUT2D eigenvalue weighted by Crippen LogP contribution is -2.42. The highest BCUT2D eigenvalue weighted by molar-refractivity contribution is 5.80. The summed E-state index contributed by atoms with van der Waals surface area (Å²) < 4.78 is 1.94. The predicted octanol–water partition coefficient (Wildman–Crippen LogP) is 3.50. The van der Waals surface area contributed by atoms with E-state index in [1.807, 2.05) is 23.1 Å². The second-order valence-corrected chi connectivity index (χ2v) is 7.43. The van der Waals surface area contributed by atoms with Crippen LogP contribution in [0.1, 0.15) is 51.7 Å². The third kappa shape index (κ3) is 8.69. The average Bonchev–Trinajstić information content (AvgIpc) is 3.23. The third-order valence-corrected chi connectivity index (χ3v) is 5.05. The minimum Gasteiger partial charge on any atom is -0.357 e. The molecule has 29 heavy (non-hydrogen) atoms. The highest BCUT2D eigenvalue weighted by Crippen LogP contribution is 2.08. The van der Waals surface area contributed by atoms with Crippen molar-refractivity contribution in [2.24, 2.45) is 4.99 Å². The average molecular weight is 399 g/mol. The molecule has 6 heteroatoms. The fraction of sp³-hybridized carbons (Fsp3) is 0.565. The van der Waals surface area contributed by atoms with Crippen molar-refractivity contribution >= 4 is 5.96 Å². The van der Waals surface area contributed by atoms with Gasteiger partial charge in [0.25, 0.3) is 0 Å². The van der Waals surface area contributed by atoms with Crippen molar-refractivity contribution in [2.75, 3.05) is 26.2 Å². The summed E-state index contributed by atoms with van der Waals surface area (Å²) in [5.74, 6) is 0.889. The number of rotatable bonds is 12. The fourth-order valence-corrected chi connectivity index (χ4v) is 3.36. The summed E-state index contributed by atoms with van der Waals surface area (Å²) in [5.41, 5.74) is 2.45. The van der Waals surface area contributed by atoms with Crippen LogP contribution in [0, 0.1) is 0 Å². The molecule has 1 aromatic heterocycles. The summed E-state index contributed by atoms with van der Waals surface area (Å²) in [6, 6.07) is 10.9. The molecule has 6 nitrogen and oxygen atoms in total. The SMILES string of the molecule is CCNC(=NCc1cccc(Cn2cccn2)c1)NC(C)CCCN(CC)CC. The molecule has 1 heterocycles. The second kappa shape index (κ2) is 13.0. The molecule has 0 bridgehead atoms. The summed E-state index contributed by atoms with van der Waals surface area (Å²) >= 11 is 0. The van der Waals surface area contributed by atoms with Crippen molar-refractivity contribution in [1.29, 1.82) is 0 Å². The van der Waals surface area contributed by atoms with E-state index in [9.17, 15) is 0 Å². The minimum atomic E-state index is 0.398. The Morgan fingerprint density at radius 3 is 2.66 bits per heavy atom. The van der Waals surface area contributed by atoms with E-state index >= 15 is 0 Å². The molecule has 0 aliphatic rings. The third-order valence-electron chi connectivity index (χ3n) is 5.05. The van der Waals surface area contributed by atoms with Gasteiger partial charge < -0.3 is 15.5 Å². The minimum absolute atomic E-state index is 0.398. The van der Waals surface area contributed by atoms with Crippen LogP contribution in [-0.2, 0) is 13.1 Å². The van der Waals surface area contributed by atoms with Gasteiger partial charge in [-0.1, -0.05) is 38.1 Å². The number of hydrogen-bond donors (Lipinski definition) is 2. The second-order valence-electron chi connectivity index (χ2n) is 7.43. The van der Waals surface area contributed by atoms with Crippen LogP contribution in [0.3, 0.4) is 0 Å². The lowest BCUT2D eigenvalue weighted by atomic mass is 10.1. The molecular weight excluding hydrogens is 360 g/mol. The van der Waals surface area contributed by atoms with Crippen LogP contribution in [0.15, 0.2) is 47.7 Å². The Morgan fingerprint density at radius 2 is 1.97 bits per heavy atom. The van der Waals surface area contributed by atoms with E-state index in [2.05, 4.69) is 72.6 Å². The van der Waals surface area contributed by atoms with Gasteiger partial charge in [0, 0.05) is 25.0 Å². The van der Waals surface area contributed by atoms with Crippen LogP contribution in [0.25, 0.3) is 0 Å². The largest absolute Gasteiger partial charge is 0.357 e. The van der Waals surface area contributed by atoms with Gasteiger partial charge in [0.15, 0.2) is 5.96 Å². The molecule has 160 valence electrons. The zero-order valence-corrected chi connectivity index (χ0v) is 18.6. The Balaban J connectivity index is 1.87. The van der Waals surface area contributed by atoms with Crippen molar-refractivity contribution in [2.45, 2.75) is 59.7 Å². The molecular formula is C23H38N6. The molecule has 1 atom stereocenters. The van der Waals surface area contributed by atoms with Crippen LogP contribution in [0.4, 0.5) is 0 Å². The molecule has 0 saturated heterocycles. The number of benzene rings is 1. The summed E-state index contributed by atoms with van der Waals surface area (Å²) in [6.45, 7) is 14.5. The van der Waals surface area contributed by atoms with Crippen LogP contribution in [0.5, 0.6) is 0 Å². The van der Waals surface area contributed by atoms with E-state index in [1.165, 1.54) is 17.5 Å². The smallest absolute Gasteiger partial charge is 0.191 e. The molecule has 1 aromatic carbocycles. The van der Waals surface area contributed by atoms with E-state index in [1.54, 1.807) is 0 Å². The van der Waals surface area contributed by atoms with Crippen molar-refractivity contribution in [3.05, 3.63) is 53.9 Å². The molecule has 0 aliphatic heterocycles. The highest BCUT2D eigenvalue weighted by Gasteiger charge is 2.07. The molecule has 2 rings (SSSR count).